The Bertz CT molecular complexity index is 1090. The molecule has 1 unspecified atom stereocenters. The van der Waals surface area contributed by atoms with Crippen molar-refractivity contribution < 1.29 is 28.6 Å². The van der Waals surface area contributed by atoms with Gasteiger partial charge in [0.2, 0.25) is 0 Å². The minimum atomic E-state index is -0.770. The molecule has 65 heavy (non-hydrogen) atoms. The lowest BCUT2D eigenvalue weighted by Gasteiger charge is -2.18. The average molecular weight is 914 g/mol. The van der Waals surface area contributed by atoms with Crippen molar-refractivity contribution in [1.82, 2.24) is 0 Å². The van der Waals surface area contributed by atoms with Crippen LogP contribution in [-0.4, -0.2) is 37.2 Å². The van der Waals surface area contributed by atoms with Crippen molar-refractivity contribution in [2.75, 3.05) is 13.2 Å². The first-order chi connectivity index (χ1) is 32.0. The first-order valence-corrected chi connectivity index (χ1v) is 28.5. The highest BCUT2D eigenvalue weighted by Crippen LogP contribution is 2.16. The highest BCUT2D eigenvalue weighted by molar-refractivity contribution is 5.71. The molecule has 0 rings (SSSR count). The highest BCUT2D eigenvalue weighted by Gasteiger charge is 2.19. The molecule has 0 amide bonds. The lowest BCUT2D eigenvalue weighted by molar-refractivity contribution is -0.167. The van der Waals surface area contributed by atoms with Gasteiger partial charge < -0.3 is 14.2 Å². The standard InChI is InChI=1S/C59H108O6/c1-4-7-10-13-15-17-19-21-23-24-25-26-27-28-29-30-31-32-33-34-36-37-39-41-43-46-49-52-58(61)64-55-56(54-63-57(60)51-48-45-12-9-6-3)65-59(62)53-50-47-44-42-40-38-35-22-20-18-16-14-11-8-5-2/h19,21-22,24-25,35,56H,4-18,20,23,26-34,36-55H2,1-3H3/b21-19-,25-24-,35-22-. The summed E-state index contributed by atoms with van der Waals surface area (Å²) in [7, 11) is 0. The second-order valence-corrected chi connectivity index (χ2v) is 19.2. The molecule has 0 N–H and O–H groups in total. The largest absolute Gasteiger partial charge is 0.462 e. The van der Waals surface area contributed by atoms with Crippen molar-refractivity contribution in [3.05, 3.63) is 36.5 Å². The molecule has 0 aliphatic rings. The number of ether oxygens (including phenoxy) is 3. The molecular weight excluding hydrogens is 805 g/mol. The molecule has 0 aromatic heterocycles. The maximum Gasteiger partial charge on any atom is 0.306 e. The fourth-order valence-corrected chi connectivity index (χ4v) is 8.29. The quantitative estimate of drug-likeness (QED) is 0.0262. The molecule has 0 aromatic carbocycles. The van der Waals surface area contributed by atoms with Crippen LogP contribution in [0.4, 0.5) is 0 Å². The van der Waals surface area contributed by atoms with Gasteiger partial charge in [-0.2, -0.15) is 0 Å². The zero-order valence-electron chi connectivity index (χ0n) is 43.5. The van der Waals surface area contributed by atoms with E-state index in [4.69, 9.17) is 14.2 Å². The predicted molar refractivity (Wildman–Crippen MR) is 279 cm³/mol. The summed E-state index contributed by atoms with van der Waals surface area (Å²) in [5, 5.41) is 0. The molecule has 0 fully saturated rings. The van der Waals surface area contributed by atoms with Gasteiger partial charge in [-0.25, -0.2) is 0 Å². The van der Waals surface area contributed by atoms with E-state index in [1.807, 2.05) is 0 Å². The van der Waals surface area contributed by atoms with Gasteiger partial charge in [-0.3, -0.25) is 14.4 Å². The van der Waals surface area contributed by atoms with Crippen LogP contribution in [0.2, 0.25) is 0 Å². The minimum Gasteiger partial charge on any atom is -0.462 e. The van der Waals surface area contributed by atoms with Crippen LogP contribution >= 0.6 is 0 Å². The number of allylic oxidation sites excluding steroid dienone is 6. The number of hydrogen-bond acceptors (Lipinski definition) is 6. The third-order valence-corrected chi connectivity index (χ3v) is 12.6. The van der Waals surface area contributed by atoms with Crippen LogP contribution in [0.15, 0.2) is 36.5 Å². The van der Waals surface area contributed by atoms with E-state index < -0.39 is 6.10 Å². The zero-order valence-corrected chi connectivity index (χ0v) is 43.5. The van der Waals surface area contributed by atoms with E-state index in [-0.39, 0.29) is 31.1 Å². The number of esters is 3. The third-order valence-electron chi connectivity index (χ3n) is 12.6. The van der Waals surface area contributed by atoms with Crippen LogP contribution in [0.5, 0.6) is 0 Å². The summed E-state index contributed by atoms with van der Waals surface area (Å²) in [5.74, 6) is -0.884. The number of rotatable bonds is 52. The molecule has 0 aliphatic carbocycles. The average Bonchev–Trinajstić information content (AvgIpc) is 3.30. The van der Waals surface area contributed by atoms with Crippen molar-refractivity contribution in [3.8, 4) is 0 Å². The van der Waals surface area contributed by atoms with Crippen molar-refractivity contribution in [2.45, 2.75) is 309 Å². The van der Waals surface area contributed by atoms with Gasteiger partial charge in [-0.15, -0.1) is 0 Å². The lowest BCUT2D eigenvalue weighted by atomic mass is 10.0. The Balaban J connectivity index is 4.01. The van der Waals surface area contributed by atoms with E-state index in [9.17, 15) is 14.4 Å². The van der Waals surface area contributed by atoms with Crippen LogP contribution < -0.4 is 0 Å². The summed E-state index contributed by atoms with van der Waals surface area (Å²) in [6.45, 7) is 6.56. The van der Waals surface area contributed by atoms with E-state index >= 15 is 0 Å². The summed E-state index contributed by atoms with van der Waals surface area (Å²) < 4.78 is 16.7. The lowest BCUT2D eigenvalue weighted by Crippen LogP contribution is -2.30. The van der Waals surface area contributed by atoms with E-state index in [1.54, 1.807) is 0 Å². The Hall–Kier alpha value is -2.37. The van der Waals surface area contributed by atoms with Gasteiger partial charge in [0.15, 0.2) is 6.10 Å². The predicted octanol–water partition coefficient (Wildman–Crippen LogP) is 18.9. The Morgan fingerprint density at radius 1 is 0.308 bits per heavy atom. The van der Waals surface area contributed by atoms with Crippen LogP contribution in [0, 0.1) is 0 Å². The van der Waals surface area contributed by atoms with Crippen LogP contribution in [0.25, 0.3) is 0 Å². The van der Waals surface area contributed by atoms with Gasteiger partial charge in [0.25, 0.3) is 0 Å². The molecule has 0 radical (unpaired) electrons. The van der Waals surface area contributed by atoms with Crippen molar-refractivity contribution in [3.63, 3.8) is 0 Å². The highest BCUT2D eigenvalue weighted by atomic mass is 16.6. The maximum atomic E-state index is 12.7. The van der Waals surface area contributed by atoms with Crippen molar-refractivity contribution >= 4 is 17.9 Å². The fraction of sp³-hybridized carbons (Fsp3) is 0.847. The van der Waals surface area contributed by atoms with Gasteiger partial charge in [0.05, 0.1) is 0 Å². The molecule has 6 heteroatoms. The number of carbonyl (C=O) groups is 3. The summed E-state index contributed by atoms with van der Waals surface area (Å²) in [5.41, 5.74) is 0. The zero-order chi connectivity index (χ0) is 47.2. The summed E-state index contributed by atoms with van der Waals surface area (Å²) >= 11 is 0. The first-order valence-electron chi connectivity index (χ1n) is 28.5. The topological polar surface area (TPSA) is 78.9 Å². The molecule has 0 bridgehead atoms. The first kappa shape index (κ1) is 62.6. The van der Waals surface area contributed by atoms with Gasteiger partial charge in [0.1, 0.15) is 13.2 Å². The van der Waals surface area contributed by atoms with Crippen molar-refractivity contribution in [1.29, 1.82) is 0 Å². The molecule has 0 aliphatic heterocycles. The van der Waals surface area contributed by atoms with E-state index in [0.717, 1.165) is 77.0 Å². The molecule has 1 atom stereocenters. The van der Waals surface area contributed by atoms with Gasteiger partial charge >= 0.3 is 17.9 Å². The third kappa shape index (κ3) is 52.5. The Morgan fingerprint density at radius 2 is 0.554 bits per heavy atom. The molecule has 0 heterocycles. The smallest absolute Gasteiger partial charge is 0.306 e. The summed E-state index contributed by atoms with van der Waals surface area (Å²) in [6, 6.07) is 0. The molecule has 380 valence electrons. The summed E-state index contributed by atoms with van der Waals surface area (Å²) in [4.78, 5) is 37.7. The normalized spacial score (nSPS) is 12.2. The Labute approximate surface area is 404 Å². The molecule has 0 saturated carbocycles. The number of carbonyl (C=O) groups excluding carboxylic acids is 3. The number of unbranched alkanes of at least 4 members (excludes halogenated alkanes) is 35. The van der Waals surface area contributed by atoms with Gasteiger partial charge in [-0.1, -0.05) is 243 Å². The van der Waals surface area contributed by atoms with Gasteiger partial charge in [-0.05, 0) is 77.0 Å². The van der Waals surface area contributed by atoms with Crippen LogP contribution in [-0.2, 0) is 28.6 Å². The monoisotopic (exact) mass is 913 g/mol. The fourth-order valence-electron chi connectivity index (χ4n) is 8.29. The van der Waals surface area contributed by atoms with E-state index in [2.05, 4.69) is 57.2 Å². The SMILES string of the molecule is CCCCCCC/C=C\C/C=C\CCCCCCCCCCCCCCCCCC(=O)OCC(COC(=O)CCCCCCC)OC(=O)CCCCCCC/C=C\CCCCCCCC. The molecule has 0 spiro atoms. The summed E-state index contributed by atoms with van der Waals surface area (Å²) in [6.07, 6.45) is 64.7. The Morgan fingerprint density at radius 3 is 0.862 bits per heavy atom. The van der Waals surface area contributed by atoms with Crippen LogP contribution in [0.1, 0.15) is 303 Å². The minimum absolute atomic E-state index is 0.0730. The van der Waals surface area contributed by atoms with Crippen LogP contribution in [0.3, 0.4) is 0 Å². The maximum absolute atomic E-state index is 12.7. The second kappa shape index (κ2) is 54.2. The molecular formula is C59H108O6. The van der Waals surface area contributed by atoms with Crippen molar-refractivity contribution in [2.24, 2.45) is 0 Å². The van der Waals surface area contributed by atoms with E-state index in [0.29, 0.717) is 19.3 Å². The van der Waals surface area contributed by atoms with E-state index in [1.165, 1.54) is 186 Å². The second-order valence-electron chi connectivity index (χ2n) is 19.2. The molecule has 6 nitrogen and oxygen atoms in total. The molecule has 0 saturated heterocycles. The number of hydrogen-bond donors (Lipinski definition) is 0. The Kier molecular flexibility index (Phi) is 52.3. The molecule has 0 aromatic rings. The van der Waals surface area contributed by atoms with Gasteiger partial charge in [0, 0.05) is 19.3 Å².